The first kappa shape index (κ1) is 18.1. The molecule has 138 valence electrons. The number of carbonyl (C=O) groups excluding carboxylic acids is 2. The maximum absolute atomic E-state index is 12.8. The van der Waals surface area contributed by atoms with Crippen LogP contribution in [0.3, 0.4) is 0 Å². The van der Waals surface area contributed by atoms with Crippen LogP contribution in [0.2, 0.25) is 0 Å². The van der Waals surface area contributed by atoms with Gasteiger partial charge in [0.25, 0.3) is 5.91 Å². The van der Waals surface area contributed by atoms with E-state index in [0.717, 1.165) is 5.56 Å². The Kier molecular flexibility index (Phi) is 5.68. The molecule has 3 rings (SSSR count). The number of ether oxygens (including phenoxy) is 1. The molecule has 7 heteroatoms. The van der Waals surface area contributed by atoms with Crippen LogP contribution in [-0.4, -0.2) is 51.8 Å². The number of morpholine rings is 1. The smallest absolute Gasteiger partial charge is 0.251 e. The average molecular weight is 356 g/mol. The summed E-state index contributed by atoms with van der Waals surface area (Å²) >= 11 is 0. The Morgan fingerprint density at radius 2 is 2.08 bits per heavy atom. The van der Waals surface area contributed by atoms with Crippen molar-refractivity contribution in [3.63, 3.8) is 0 Å². The van der Waals surface area contributed by atoms with E-state index in [2.05, 4.69) is 10.4 Å². The van der Waals surface area contributed by atoms with Gasteiger partial charge < -0.3 is 15.0 Å². The number of carbonyl (C=O) groups is 2. The zero-order valence-electron chi connectivity index (χ0n) is 15.0. The van der Waals surface area contributed by atoms with E-state index >= 15 is 0 Å². The Morgan fingerprint density at radius 3 is 2.73 bits per heavy atom. The van der Waals surface area contributed by atoms with Crippen molar-refractivity contribution in [2.24, 2.45) is 0 Å². The Morgan fingerprint density at radius 1 is 1.31 bits per heavy atom. The summed E-state index contributed by atoms with van der Waals surface area (Å²) in [5.41, 5.74) is 0.890. The Bertz CT molecular complexity index is 731. The summed E-state index contributed by atoms with van der Waals surface area (Å²) in [5.74, 6) is -0.321. The minimum Gasteiger partial charge on any atom is -0.356 e. The topological polar surface area (TPSA) is 76.5 Å². The molecule has 0 bridgehead atoms. The fourth-order valence-electron chi connectivity index (χ4n) is 3.27. The molecular formula is C19H24N4O3. The molecule has 2 atom stereocenters. The van der Waals surface area contributed by atoms with Crippen molar-refractivity contribution < 1.29 is 14.3 Å². The molecule has 0 spiro atoms. The molecule has 2 heterocycles. The van der Waals surface area contributed by atoms with E-state index in [1.807, 2.05) is 56.4 Å². The summed E-state index contributed by atoms with van der Waals surface area (Å²) in [6, 6.07) is 10.9. The normalized spacial score (nSPS) is 20.4. The predicted octanol–water partition coefficient (Wildman–Crippen LogP) is 1.38. The minimum atomic E-state index is -0.741. The van der Waals surface area contributed by atoms with Gasteiger partial charge in [-0.25, -0.2) is 0 Å². The number of nitrogens with zero attached hydrogens (tertiary/aromatic N) is 3. The van der Waals surface area contributed by atoms with E-state index in [1.165, 1.54) is 0 Å². The van der Waals surface area contributed by atoms with Gasteiger partial charge in [0, 0.05) is 25.0 Å². The first-order valence-corrected chi connectivity index (χ1v) is 8.81. The van der Waals surface area contributed by atoms with Gasteiger partial charge in [-0.2, -0.15) is 5.10 Å². The van der Waals surface area contributed by atoms with Crippen molar-refractivity contribution in [3.05, 3.63) is 54.4 Å². The highest BCUT2D eigenvalue weighted by atomic mass is 16.5. The highest BCUT2D eigenvalue weighted by Crippen LogP contribution is 2.32. The van der Waals surface area contributed by atoms with Crippen molar-refractivity contribution in [2.45, 2.75) is 38.6 Å². The van der Waals surface area contributed by atoms with Crippen LogP contribution in [0, 0.1) is 0 Å². The van der Waals surface area contributed by atoms with E-state index in [-0.39, 0.29) is 24.5 Å². The maximum Gasteiger partial charge on any atom is 0.251 e. The second-order valence-corrected chi connectivity index (χ2v) is 6.54. The van der Waals surface area contributed by atoms with Gasteiger partial charge in [-0.15, -0.1) is 0 Å². The van der Waals surface area contributed by atoms with Crippen molar-refractivity contribution in [1.29, 1.82) is 0 Å². The molecule has 1 aromatic carbocycles. The van der Waals surface area contributed by atoms with Crippen LogP contribution in [0.25, 0.3) is 0 Å². The van der Waals surface area contributed by atoms with Gasteiger partial charge in [-0.3, -0.25) is 14.3 Å². The molecule has 0 radical (unpaired) electrons. The van der Waals surface area contributed by atoms with E-state index in [0.29, 0.717) is 13.1 Å². The number of hydrogen-bond acceptors (Lipinski definition) is 4. The predicted molar refractivity (Wildman–Crippen MR) is 96.1 cm³/mol. The SMILES string of the molecule is CC(C)N1C(=O)CO[C@H](C(=O)NCCn2cccn2)[C@H]1c1ccccc1. The van der Waals surface area contributed by atoms with E-state index < -0.39 is 12.1 Å². The van der Waals surface area contributed by atoms with Crippen LogP contribution in [0.4, 0.5) is 0 Å². The molecule has 0 aliphatic carbocycles. The Balaban J connectivity index is 1.76. The molecule has 1 aromatic heterocycles. The number of rotatable bonds is 6. The standard InChI is InChI=1S/C19H24N4O3/c1-14(2)23-16(24)13-26-18(17(23)15-7-4-3-5-8-15)19(25)20-10-12-22-11-6-9-21-22/h3-9,11,14,17-18H,10,12-13H2,1-2H3,(H,20,25)/t17-,18+/m1/s1. The van der Waals surface area contributed by atoms with Crippen molar-refractivity contribution in [3.8, 4) is 0 Å². The van der Waals surface area contributed by atoms with Crippen LogP contribution in [0.15, 0.2) is 48.8 Å². The molecule has 1 saturated heterocycles. The molecule has 1 fully saturated rings. The van der Waals surface area contributed by atoms with Crippen LogP contribution in [0.1, 0.15) is 25.5 Å². The molecule has 1 N–H and O–H groups in total. The third-order valence-electron chi connectivity index (χ3n) is 4.42. The molecule has 2 amide bonds. The zero-order chi connectivity index (χ0) is 18.5. The first-order valence-electron chi connectivity index (χ1n) is 8.81. The molecule has 2 aromatic rings. The first-order chi connectivity index (χ1) is 12.6. The highest BCUT2D eigenvalue weighted by molar-refractivity contribution is 5.86. The fraction of sp³-hybridized carbons (Fsp3) is 0.421. The largest absolute Gasteiger partial charge is 0.356 e. The molecule has 26 heavy (non-hydrogen) atoms. The lowest BCUT2D eigenvalue weighted by Crippen LogP contribution is -2.56. The van der Waals surface area contributed by atoms with Crippen molar-refractivity contribution >= 4 is 11.8 Å². The number of benzene rings is 1. The van der Waals surface area contributed by atoms with E-state index in [4.69, 9.17) is 4.74 Å². The number of aromatic nitrogens is 2. The second kappa shape index (κ2) is 8.14. The highest BCUT2D eigenvalue weighted by Gasteiger charge is 2.42. The number of hydrogen-bond donors (Lipinski definition) is 1. The second-order valence-electron chi connectivity index (χ2n) is 6.54. The monoisotopic (exact) mass is 356 g/mol. The molecule has 7 nitrogen and oxygen atoms in total. The van der Waals surface area contributed by atoms with Crippen LogP contribution < -0.4 is 5.32 Å². The van der Waals surface area contributed by atoms with Crippen LogP contribution in [-0.2, 0) is 20.9 Å². The van der Waals surface area contributed by atoms with Crippen molar-refractivity contribution in [1.82, 2.24) is 20.0 Å². The number of amides is 2. The van der Waals surface area contributed by atoms with Gasteiger partial charge in [-0.05, 0) is 25.5 Å². The van der Waals surface area contributed by atoms with Crippen LogP contribution >= 0.6 is 0 Å². The van der Waals surface area contributed by atoms with Gasteiger partial charge in [0.15, 0.2) is 6.10 Å². The van der Waals surface area contributed by atoms with Crippen LogP contribution in [0.5, 0.6) is 0 Å². The molecule has 1 aliphatic heterocycles. The van der Waals surface area contributed by atoms with E-state index in [9.17, 15) is 9.59 Å². The van der Waals surface area contributed by atoms with Gasteiger partial charge in [-0.1, -0.05) is 30.3 Å². The van der Waals surface area contributed by atoms with Crippen molar-refractivity contribution in [2.75, 3.05) is 13.2 Å². The summed E-state index contributed by atoms with van der Waals surface area (Å²) in [4.78, 5) is 26.9. The van der Waals surface area contributed by atoms with Gasteiger partial charge in [0.05, 0.1) is 12.6 Å². The summed E-state index contributed by atoms with van der Waals surface area (Å²) in [6.45, 7) is 4.84. The summed E-state index contributed by atoms with van der Waals surface area (Å²) in [7, 11) is 0. The zero-order valence-corrected chi connectivity index (χ0v) is 15.0. The average Bonchev–Trinajstić information content (AvgIpc) is 3.15. The Labute approximate surface area is 152 Å². The molecule has 0 unspecified atom stereocenters. The van der Waals surface area contributed by atoms with E-state index in [1.54, 1.807) is 15.8 Å². The summed E-state index contributed by atoms with van der Waals surface area (Å²) in [6.07, 6.45) is 2.80. The maximum atomic E-state index is 12.8. The lowest BCUT2D eigenvalue weighted by atomic mass is 9.96. The number of nitrogens with one attached hydrogen (secondary N) is 1. The third-order valence-corrected chi connectivity index (χ3v) is 4.42. The fourth-order valence-corrected chi connectivity index (χ4v) is 3.27. The lowest BCUT2D eigenvalue weighted by molar-refractivity contribution is -0.167. The third kappa shape index (κ3) is 3.94. The Hall–Kier alpha value is -2.67. The molecule has 1 aliphatic rings. The minimum absolute atomic E-state index is 0.0315. The quantitative estimate of drug-likeness (QED) is 0.848. The summed E-state index contributed by atoms with van der Waals surface area (Å²) in [5, 5.41) is 7.02. The van der Waals surface area contributed by atoms with Gasteiger partial charge in [0.2, 0.25) is 5.91 Å². The molecule has 0 saturated carbocycles. The molecular weight excluding hydrogens is 332 g/mol. The lowest BCUT2D eigenvalue weighted by Gasteiger charge is -2.42. The summed E-state index contributed by atoms with van der Waals surface area (Å²) < 4.78 is 7.41. The van der Waals surface area contributed by atoms with Gasteiger partial charge >= 0.3 is 0 Å². The van der Waals surface area contributed by atoms with Gasteiger partial charge in [0.1, 0.15) is 6.61 Å².